The maximum atomic E-state index is 12.0. The number of aliphatic carboxylic acids is 1. The van der Waals surface area contributed by atoms with Gasteiger partial charge in [0.1, 0.15) is 0 Å². The monoisotopic (exact) mass is 246 g/mol. The van der Waals surface area contributed by atoms with Gasteiger partial charge in [0.2, 0.25) is 0 Å². The van der Waals surface area contributed by atoms with E-state index in [-0.39, 0.29) is 11.7 Å². The maximum absolute atomic E-state index is 12.0. The summed E-state index contributed by atoms with van der Waals surface area (Å²) in [6.45, 7) is 4.28. The summed E-state index contributed by atoms with van der Waals surface area (Å²) in [7, 11) is 0. The number of carboxylic acid groups (broad SMARTS) is 1. The van der Waals surface area contributed by atoms with Crippen LogP contribution in [0.3, 0.4) is 0 Å². The average Bonchev–Trinajstić information content (AvgIpc) is 3.17. The molecule has 1 aromatic carbocycles. The van der Waals surface area contributed by atoms with Crippen LogP contribution in [0.5, 0.6) is 0 Å². The van der Waals surface area contributed by atoms with Gasteiger partial charge in [-0.3, -0.25) is 9.59 Å². The fourth-order valence-corrected chi connectivity index (χ4v) is 2.18. The highest BCUT2D eigenvalue weighted by atomic mass is 16.4. The van der Waals surface area contributed by atoms with Crippen LogP contribution in [-0.2, 0) is 4.79 Å². The second-order valence-electron chi connectivity index (χ2n) is 5.08. The van der Waals surface area contributed by atoms with Gasteiger partial charge in [0.15, 0.2) is 5.78 Å². The minimum atomic E-state index is -0.857. The van der Waals surface area contributed by atoms with Crippen LogP contribution in [0.25, 0.3) is 0 Å². The molecule has 0 saturated heterocycles. The minimum absolute atomic E-state index is 0.0295. The van der Waals surface area contributed by atoms with Crippen molar-refractivity contribution in [3.63, 3.8) is 0 Å². The van der Waals surface area contributed by atoms with E-state index in [4.69, 9.17) is 5.11 Å². The standard InChI is InChI=1S/C15H18O3/c1-3-9(2)10-4-6-11(7-5-10)14(16)12-8-13(12)15(17)18/h4-7,9,12-13H,3,8H2,1-2H3,(H,17,18). The molecular formula is C15H18O3. The fraction of sp³-hybridized carbons (Fsp3) is 0.467. The van der Waals surface area contributed by atoms with Crippen LogP contribution in [0.2, 0.25) is 0 Å². The molecule has 96 valence electrons. The van der Waals surface area contributed by atoms with Crippen molar-refractivity contribution in [2.75, 3.05) is 0 Å². The molecule has 3 atom stereocenters. The van der Waals surface area contributed by atoms with Gasteiger partial charge in [-0.05, 0) is 24.3 Å². The first-order valence-corrected chi connectivity index (χ1v) is 6.41. The van der Waals surface area contributed by atoms with Crippen LogP contribution in [0.4, 0.5) is 0 Å². The zero-order valence-corrected chi connectivity index (χ0v) is 10.7. The number of hydrogen-bond donors (Lipinski definition) is 1. The largest absolute Gasteiger partial charge is 0.481 e. The van der Waals surface area contributed by atoms with E-state index < -0.39 is 11.9 Å². The van der Waals surface area contributed by atoms with Crippen LogP contribution in [0.15, 0.2) is 24.3 Å². The lowest BCUT2D eigenvalue weighted by Gasteiger charge is -2.09. The molecule has 1 N–H and O–H groups in total. The third-order valence-electron chi connectivity index (χ3n) is 3.82. The number of carbonyl (C=O) groups is 2. The molecule has 0 aromatic heterocycles. The van der Waals surface area contributed by atoms with E-state index in [0.29, 0.717) is 17.9 Å². The van der Waals surface area contributed by atoms with Crippen molar-refractivity contribution in [3.05, 3.63) is 35.4 Å². The molecule has 18 heavy (non-hydrogen) atoms. The van der Waals surface area contributed by atoms with E-state index in [0.717, 1.165) is 6.42 Å². The number of ketones is 1. The molecule has 3 heteroatoms. The molecule has 3 nitrogen and oxygen atoms in total. The molecule has 0 radical (unpaired) electrons. The summed E-state index contributed by atoms with van der Waals surface area (Å²) in [5.74, 6) is -1.17. The van der Waals surface area contributed by atoms with E-state index in [1.54, 1.807) is 0 Å². The van der Waals surface area contributed by atoms with Crippen molar-refractivity contribution in [1.82, 2.24) is 0 Å². The number of carbonyl (C=O) groups excluding carboxylic acids is 1. The Labute approximate surface area is 107 Å². The molecule has 3 unspecified atom stereocenters. The molecule has 1 aliphatic rings. The second-order valence-corrected chi connectivity index (χ2v) is 5.08. The van der Waals surface area contributed by atoms with Crippen LogP contribution in [0, 0.1) is 11.8 Å². The van der Waals surface area contributed by atoms with Gasteiger partial charge >= 0.3 is 5.97 Å². The Balaban J connectivity index is 2.06. The number of rotatable bonds is 5. The summed E-state index contributed by atoms with van der Waals surface area (Å²) in [4.78, 5) is 22.7. The van der Waals surface area contributed by atoms with Gasteiger partial charge in [-0.15, -0.1) is 0 Å². The van der Waals surface area contributed by atoms with Gasteiger partial charge in [-0.25, -0.2) is 0 Å². The van der Waals surface area contributed by atoms with E-state index in [1.807, 2.05) is 24.3 Å². The van der Waals surface area contributed by atoms with Crippen molar-refractivity contribution in [2.45, 2.75) is 32.6 Å². The number of hydrogen-bond acceptors (Lipinski definition) is 2. The Bertz CT molecular complexity index is 461. The lowest BCUT2D eigenvalue weighted by atomic mass is 9.96. The first kappa shape index (κ1) is 12.8. The van der Waals surface area contributed by atoms with Crippen LogP contribution < -0.4 is 0 Å². The number of benzene rings is 1. The molecule has 1 aromatic rings. The summed E-state index contributed by atoms with van der Waals surface area (Å²) >= 11 is 0. The summed E-state index contributed by atoms with van der Waals surface area (Å²) in [5.41, 5.74) is 1.86. The fourth-order valence-electron chi connectivity index (χ4n) is 2.18. The Morgan fingerprint density at radius 1 is 1.28 bits per heavy atom. The average molecular weight is 246 g/mol. The predicted octanol–water partition coefficient (Wildman–Crippen LogP) is 3.10. The zero-order valence-electron chi connectivity index (χ0n) is 10.7. The molecule has 0 aliphatic heterocycles. The lowest BCUT2D eigenvalue weighted by molar-refractivity contribution is -0.138. The number of carboxylic acids is 1. The normalized spacial score (nSPS) is 23.4. The van der Waals surface area contributed by atoms with Crippen molar-refractivity contribution >= 4 is 11.8 Å². The van der Waals surface area contributed by atoms with E-state index >= 15 is 0 Å². The Morgan fingerprint density at radius 3 is 2.33 bits per heavy atom. The molecule has 1 fully saturated rings. The van der Waals surface area contributed by atoms with Crippen molar-refractivity contribution in [2.24, 2.45) is 11.8 Å². The summed E-state index contributed by atoms with van der Waals surface area (Å²) in [6.07, 6.45) is 1.55. The lowest BCUT2D eigenvalue weighted by Crippen LogP contribution is -2.08. The molecule has 0 heterocycles. The van der Waals surface area contributed by atoms with Gasteiger partial charge in [-0.2, -0.15) is 0 Å². The van der Waals surface area contributed by atoms with Gasteiger partial charge in [0, 0.05) is 11.5 Å². The first-order valence-electron chi connectivity index (χ1n) is 6.41. The molecular weight excluding hydrogens is 228 g/mol. The van der Waals surface area contributed by atoms with Gasteiger partial charge in [0.05, 0.1) is 5.92 Å². The molecule has 2 rings (SSSR count). The quantitative estimate of drug-likeness (QED) is 0.812. The molecule has 0 bridgehead atoms. The number of Topliss-reactive ketones (excluding diaryl/α,β-unsaturated/α-hetero) is 1. The van der Waals surface area contributed by atoms with Gasteiger partial charge in [-0.1, -0.05) is 38.1 Å². The molecule has 0 spiro atoms. The smallest absolute Gasteiger partial charge is 0.307 e. The minimum Gasteiger partial charge on any atom is -0.481 e. The van der Waals surface area contributed by atoms with E-state index in [1.165, 1.54) is 5.56 Å². The van der Waals surface area contributed by atoms with E-state index in [2.05, 4.69) is 13.8 Å². The highest BCUT2D eigenvalue weighted by Gasteiger charge is 2.48. The van der Waals surface area contributed by atoms with Gasteiger partial charge in [0.25, 0.3) is 0 Å². The van der Waals surface area contributed by atoms with E-state index in [9.17, 15) is 9.59 Å². The van der Waals surface area contributed by atoms with Crippen LogP contribution in [-0.4, -0.2) is 16.9 Å². The zero-order chi connectivity index (χ0) is 13.3. The maximum Gasteiger partial charge on any atom is 0.307 e. The van der Waals surface area contributed by atoms with Crippen molar-refractivity contribution in [1.29, 1.82) is 0 Å². The highest BCUT2D eigenvalue weighted by molar-refractivity contribution is 6.02. The van der Waals surface area contributed by atoms with Crippen molar-refractivity contribution in [3.8, 4) is 0 Å². The summed E-state index contributed by atoms with van der Waals surface area (Å²) in [5, 5.41) is 8.82. The summed E-state index contributed by atoms with van der Waals surface area (Å²) < 4.78 is 0. The summed E-state index contributed by atoms with van der Waals surface area (Å²) in [6, 6.07) is 7.58. The predicted molar refractivity (Wildman–Crippen MR) is 68.7 cm³/mol. The third-order valence-corrected chi connectivity index (χ3v) is 3.82. The molecule has 1 aliphatic carbocycles. The van der Waals surface area contributed by atoms with Crippen LogP contribution >= 0.6 is 0 Å². The highest BCUT2D eigenvalue weighted by Crippen LogP contribution is 2.41. The van der Waals surface area contributed by atoms with Crippen molar-refractivity contribution < 1.29 is 14.7 Å². The third kappa shape index (κ3) is 2.45. The van der Waals surface area contributed by atoms with Gasteiger partial charge < -0.3 is 5.11 Å². The topological polar surface area (TPSA) is 54.4 Å². The second kappa shape index (κ2) is 4.92. The first-order chi connectivity index (χ1) is 8.54. The Morgan fingerprint density at radius 2 is 1.89 bits per heavy atom. The Kier molecular flexibility index (Phi) is 3.50. The van der Waals surface area contributed by atoms with Crippen LogP contribution in [0.1, 0.15) is 48.5 Å². The molecule has 1 saturated carbocycles. The SMILES string of the molecule is CCC(C)c1ccc(C(=O)C2CC2C(=O)O)cc1. The molecule has 0 amide bonds. The Hall–Kier alpha value is -1.64.